The number of hydrogen-bond donors (Lipinski definition) is 2. The van der Waals surface area contributed by atoms with Crippen LogP contribution in [0.25, 0.3) is 0 Å². The number of rotatable bonds is 8. The van der Waals surface area contributed by atoms with E-state index in [0.717, 1.165) is 19.6 Å². The Balaban J connectivity index is 3.63. The van der Waals surface area contributed by atoms with Gasteiger partial charge < -0.3 is 16.0 Å². The standard InChI is InChI=1S/C12H29N3/c1-10(2)12(8-13)9-14-11(3)6-7-15(4)5/h10-12,14H,6-9,13H2,1-5H3. The molecule has 0 radical (unpaired) electrons. The smallest absolute Gasteiger partial charge is 0.00510 e. The van der Waals surface area contributed by atoms with E-state index in [1.54, 1.807) is 0 Å². The van der Waals surface area contributed by atoms with Crippen molar-refractivity contribution < 1.29 is 0 Å². The van der Waals surface area contributed by atoms with Gasteiger partial charge in [0.05, 0.1) is 0 Å². The minimum Gasteiger partial charge on any atom is -0.330 e. The van der Waals surface area contributed by atoms with Crippen LogP contribution in [0.5, 0.6) is 0 Å². The number of nitrogens with two attached hydrogens (primary N) is 1. The summed E-state index contributed by atoms with van der Waals surface area (Å²) in [5.41, 5.74) is 5.73. The van der Waals surface area contributed by atoms with Gasteiger partial charge in [-0.15, -0.1) is 0 Å². The van der Waals surface area contributed by atoms with Crippen molar-refractivity contribution in [3.05, 3.63) is 0 Å². The highest BCUT2D eigenvalue weighted by Crippen LogP contribution is 2.08. The molecule has 3 N–H and O–H groups in total. The minimum absolute atomic E-state index is 0.584. The molecule has 0 amide bonds. The van der Waals surface area contributed by atoms with Gasteiger partial charge in [0.1, 0.15) is 0 Å². The second kappa shape index (κ2) is 8.08. The van der Waals surface area contributed by atoms with Crippen molar-refractivity contribution in [3.63, 3.8) is 0 Å². The molecule has 0 fully saturated rings. The van der Waals surface area contributed by atoms with Crippen LogP contribution >= 0.6 is 0 Å². The molecule has 2 atom stereocenters. The predicted octanol–water partition coefficient (Wildman–Crippen LogP) is 1.15. The average molecular weight is 215 g/mol. The fraction of sp³-hybridized carbons (Fsp3) is 1.00. The fourth-order valence-corrected chi connectivity index (χ4v) is 1.50. The summed E-state index contributed by atoms with van der Waals surface area (Å²) in [6.07, 6.45) is 1.20. The molecule has 0 rings (SSSR count). The summed E-state index contributed by atoms with van der Waals surface area (Å²) in [4.78, 5) is 2.22. The number of nitrogens with zero attached hydrogens (tertiary/aromatic N) is 1. The zero-order chi connectivity index (χ0) is 11.8. The summed E-state index contributed by atoms with van der Waals surface area (Å²) in [5.74, 6) is 1.27. The van der Waals surface area contributed by atoms with Crippen LogP contribution in [-0.4, -0.2) is 44.7 Å². The van der Waals surface area contributed by atoms with Crippen molar-refractivity contribution in [2.24, 2.45) is 17.6 Å². The van der Waals surface area contributed by atoms with Crippen LogP contribution in [0.2, 0.25) is 0 Å². The lowest BCUT2D eigenvalue weighted by Gasteiger charge is -2.23. The molecule has 0 aromatic carbocycles. The summed E-state index contributed by atoms with van der Waals surface area (Å²) >= 11 is 0. The van der Waals surface area contributed by atoms with Gasteiger partial charge in [0.2, 0.25) is 0 Å². The first-order chi connectivity index (χ1) is 6.97. The molecular formula is C12H29N3. The van der Waals surface area contributed by atoms with Crippen LogP contribution in [0, 0.1) is 11.8 Å². The number of nitrogens with one attached hydrogen (secondary N) is 1. The second-order valence-electron chi connectivity index (χ2n) is 5.14. The lowest BCUT2D eigenvalue weighted by Crippen LogP contribution is -2.37. The van der Waals surface area contributed by atoms with Crippen LogP contribution < -0.4 is 11.1 Å². The Labute approximate surface area is 95.4 Å². The number of hydrogen-bond acceptors (Lipinski definition) is 3. The first-order valence-corrected chi connectivity index (χ1v) is 6.05. The Morgan fingerprint density at radius 1 is 1.20 bits per heavy atom. The van der Waals surface area contributed by atoms with Crippen molar-refractivity contribution >= 4 is 0 Å². The average Bonchev–Trinajstić information content (AvgIpc) is 2.15. The molecule has 0 saturated heterocycles. The molecule has 92 valence electrons. The fourth-order valence-electron chi connectivity index (χ4n) is 1.50. The van der Waals surface area contributed by atoms with Crippen LogP contribution in [-0.2, 0) is 0 Å². The van der Waals surface area contributed by atoms with Crippen molar-refractivity contribution in [2.75, 3.05) is 33.7 Å². The van der Waals surface area contributed by atoms with E-state index in [2.05, 4.69) is 45.1 Å². The molecule has 3 nitrogen and oxygen atoms in total. The van der Waals surface area contributed by atoms with Crippen LogP contribution in [0.15, 0.2) is 0 Å². The lowest BCUT2D eigenvalue weighted by atomic mass is 9.96. The van der Waals surface area contributed by atoms with Crippen molar-refractivity contribution in [2.45, 2.75) is 33.2 Å². The van der Waals surface area contributed by atoms with Gasteiger partial charge in [-0.2, -0.15) is 0 Å². The molecule has 3 heteroatoms. The summed E-state index contributed by atoms with van der Waals surface area (Å²) in [6.45, 7) is 9.70. The van der Waals surface area contributed by atoms with Gasteiger partial charge in [0.15, 0.2) is 0 Å². The molecular weight excluding hydrogens is 186 g/mol. The molecule has 2 unspecified atom stereocenters. The third kappa shape index (κ3) is 7.77. The Hall–Kier alpha value is -0.120. The van der Waals surface area contributed by atoms with Crippen LogP contribution in [0.4, 0.5) is 0 Å². The normalized spacial score (nSPS) is 16.0. The zero-order valence-corrected chi connectivity index (χ0v) is 11.1. The molecule has 0 aliphatic carbocycles. The van der Waals surface area contributed by atoms with E-state index in [0.29, 0.717) is 17.9 Å². The van der Waals surface area contributed by atoms with Crippen molar-refractivity contribution in [1.82, 2.24) is 10.2 Å². The molecule has 0 heterocycles. The highest BCUT2D eigenvalue weighted by molar-refractivity contribution is 4.70. The molecule has 0 aromatic rings. The predicted molar refractivity (Wildman–Crippen MR) is 68.0 cm³/mol. The van der Waals surface area contributed by atoms with Gasteiger partial charge in [-0.3, -0.25) is 0 Å². The first kappa shape index (κ1) is 14.9. The quantitative estimate of drug-likeness (QED) is 0.638. The van der Waals surface area contributed by atoms with Crippen LogP contribution in [0.1, 0.15) is 27.2 Å². The highest BCUT2D eigenvalue weighted by atomic mass is 15.1. The Morgan fingerprint density at radius 2 is 1.80 bits per heavy atom. The van der Waals surface area contributed by atoms with E-state index in [-0.39, 0.29) is 0 Å². The van der Waals surface area contributed by atoms with Gasteiger partial charge in [0, 0.05) is 6.04 Å². The maximum Gasteiger partial charge on any atom is 0.00510 e. The Bertz CT molecular complexity index is 146. The topological polar surface area (TPSA) is 41.3 Å². The zero-order valence-electron chi connectivity index (χ0n) is 11.1. The monoisotopic (exact) mass is 215 g/mol. The molecule has 0 bridgehead atoms. The minimum atomic E-state index is 0.584. The highest BCUT2D eigenvalue weighted by Gasteiger charge is 2.12. The summed E-state index contributed by atoms with van der Waals surface area (Å²) in [7, 11) is 4.23. The SMILES string of the molecule is CC(CCN(C)C)NCC(CN)C(C)C. The van der Waals surface area contributed by atoms with E-state index >= 15 is 0 Å². The largest absolute Gasteiger partial charge is 0.330 e. The third-order valence-corrected chi connectivity index (χ3v) is 2.98. The molecule has 0 aliphatic rings. The summed E-state index contributed by atoms with van der Waals surface area (Å²) < 4.78 is 0. The van der Waals surface area contributed by atoms with Gasteiger partial charge in [-0.25, -0.2) is 0 Å². The van der Waals surface area contributed by atoms with Crippen LogP contribution in [0.3, 0.4) is 0 Å². The summed E-state index contributed by atoms with van der Waals surface area (Å²) in [6, 6.07) is 0.584. The molecule has 0 saturated carbocycles. The third-order valence-electron chi connectivity index (χ3n) is 2.98. The van der Waals surface area contributed by atoms with E-state index in [1.165, 1.54) is 6.42 Å². The maximum atomic E-state index is 5.73. The second-order valence-corrected chi connectivity index (χ2v) is 5.14. The van der Waals surface area contributed by atoms with E-state index in [9.17, 15) is 0 Å². The van der Waals surface area contributed by atoms with Crippen molar-refractivity contribution in [3.8, 4) is 0 Å². The Morgan fingerprint density at radius 3 is 2.20 bits per heavy atom. The van der Waals surface area contributed by atoms with E-state index < -0.39 is 0 Å². The molecule has 0 aliphatic heterocycles. The Kier molecular flexibility index (Phi) is 8.02. The molecule has 15 heavy (non-hydrogen) atoms. The molecule has 0 aromatic heterocycles. The van der Waals surface area contributed by atoms with E-state index in [1.807, 2.05) is 0 Å². The first-order valence-electron chi connectivity index (χ1n) is 6.05. The maximum absolute atomic E-state index is 5.73. The van der Waals surface area contributed by atoms with Gasteiger partial charge >= 0.3 is 0 Å². The van der Waals surface area contributed by atoms with Crippen molar-refractivity contribution in [1.29, 1.82) is 0 Å². The summed E-state index contributed by atoms with van der Waals surface area (Å²) in [5, 5.41) is 3.56. The van der Waals surface area contributed by atoms with Gasteiger partial charge in [-0.05, 0) is 58.9 Å². The molecule has 0 spiro atoms. The van der Waals surface area contributed by atoms with E-state index in [4.69, 9.17) is 5.73 Å². The van der Waals surface area contributed by atoms with Gasteiger partial charge in [0.25, 0.3) is 0 Å². The lowest BCUT2D eigenvalue weighted by molar-refractivity contribution is 0.326. The van der Waals surface area contributed by atoms with Gasteiger partial charge in [-0.1, -0.05) is 13.8 Å².